The molecule has 2 atom stereocenters. The topological polar surface area (TPSA) is 12.0 Å². The first-order chi connectivity index (χ1) is 8.16. The van der Waals surface area contributed by atoms with Gasteiger partial charge in [0.25, 0.3) is 0 Å². The second-order valence-electron chi connectivity index (χ2n) is 5.03. The molecule has 0 saturated carbocycles. The lowest BCUT2D eigenvalue weighted by molar-refractivity contribution is 0.308. The highest BCUT2D eigenvalue weighted by Gasteiger charge is 2.18. The van der Waals surface area contributed by atoms with Crippen LogP contribution in [0, 0.1) is 5.92 Å². The maximum atomic E-state index is 6.19. The maximum Gasteiger partial charge on any atom is 0.0624 e. The Labute approximate surface area is 114 Å². The third kappa shape index (κ3) is 3.61. The predicted molar refractivity (Wildman–Crippen MR) is 75.0 cm³/mol. The van der Waals surface area contributed by atoms with Gasteiger partial charge in [0.05, 0.1) is 10.0 Å². The van der Waals surface area contributed by atoms with Gasteiger partial charge in [-0.15, -0.1) is 0 Å². The third-order valence-corrected chi connectivity index (χ3v) is 4.41. The zero-order chi connectivity index (χ0) is 12.3. The molecule has 2 rings (SSSR count). The quantitative estimate of drug-likeness (QED) is 0.864. The molecule has 17 heavy (non-hydrogen) atoms. The summed E-state index contributed by atoms with van der Waals surface area (Å²) in [5, 5.41) is 4.96. The molecule has 1 N–H and O–H groups in total. The molecule has 1 saturated heterocycles. The predicted octanol–water partition coefficient (Wildman–Crippen LogP) is 4.31. The fourth-order valence-electron chi connectivity index (χ4n) is 2.51. The third-order valence-electron chi connectivity index (χ3n) is 3.55. The molecule has 0 amide bonds. The fraction of sp³-hybridized carbons (Fsp3) is 0.571. The Kier molecular flexibility index (Phi) is 4.72. The molecule has 3 heteroatoms. The van der Waals surface area contributed by atoms with E-state index in [1.165, 1.54) is 18.4 Å². The Morgan fingerprint density at radius 3 is 2.94 bits per heavy atom. The number of benzene rings is 1. The Morgan fingerprint density at radius 2 is 2.18 bits per heavy atom. The van der Waals surface area contributed by atoms with Crippen LogP contribution in [-0.4, -0.2) is 12.6 Å². The first-order valence-electron chi connectivity index (χ1n) is 6.33. The second kappa shape index (κ2) is 6.08. The molecule has 1 aromatic rings. The van der Waals surface area contributed by atoms with Crippen molar-refractivity contribution in [2.24, 2.45) is 5.92 Å². The zero-order valence-corrected chi connectivity index (χ0v) is 11.7. The molecular formula is C14H19Cl2N. The Morgan fingerprint density at radius 1 is 1.35 bits per heavy atom. The van der Waals surface area contributed by atoms with Crippen LogP contribution in [-0.2, 0) is 6.42 Å². The second-order valence-corrected chi connectivity index (χ2v) is 5.82. The van der Waals surface area contributed by atoms with Crippen molar-refractivity contribution in [2.45, 2.75) is 38.6 Å². The Hall–Kier alpha value is -0.240. The van der Waals surface area contributed by atoms with Crippen molar-refractivity contribution in [3.8, 4) is 0 Å². The molecule has 0 radical (unpaired) electrons. The van der Waals surface area contributed by atoms with Crippen LogP contribution in [0.3, 0.4) is 0 Å². The summed E-state index contributed by atoms with van der Waals surface area (Å²) in [5.41, 5.74) is 1.17. The maximum absolute atomic E-state index is 6.19. The summed E-state index contributed by atoms with van der Waals surface area (Å²) in [6.07, 6.45) is 4.72. The summed E-state index contributed by atoms with van der Waals surface area (Å²) in [5.74, 6) is 0.844. The molecular weight excluding hydrogens is 253 g/mol. The van der Waals surface area contributed by atoms with E-state index in [9.17, 15) is 0 Å². The number of halogens is 2. The highest BCUT2D eigenvalue weighted by atomic mass is 35.5. The Bertz CT molecular complexity index is 378. The number of piperidine rings is 1. The molecule has 1 fully saturated rings. The highest BCUT2D eigenvalue weighted by Crippen LogP contribution is 2.27. The molecule has 0 spiro atoms. The SMILES string of the molecule is CC1CCNC(CCc2cccc(Cl)c2Cl)C1. The highest BCUT2D eigenvalue weighted by molar-refractivity contribution is 6.42. The average molecular weight is 272 g/mol. The van der Waals surface area contributed by atoms with E-state index in [0.717, 1.165) is 30.3 Å². The van der Waals surface area contributed by atoms with E-state index in [2.05, 4.69) is 18.3 Å². The minimum Gasteiger partial charge on any atom is -0.314 e. The van der Waals surface area contributed by atoms with Crippen LogP contribution >= 0.6 is 23.2 Å². The summed E-state index contributed by atoms with van der Waals surface area (Å²) in [4.78, 5) is 0. The van der Waals surface area contributed by atoms with Crippen LogP contribution in [0.15, 0.2) is 18.2 Å². The van der Waals surface area contributed by atoms with Crippen molar-refractivity contribution in [3.05, 3.63) is 33.8 Å². The van der Waals surface area contributed by atoms with Crippen molar-refractivity contribution in [1.82, 2.24) is 5.32 Å². The number of nitrogens with one attached hydrogen (secondary N) is 1. The lowest BCUT2D eigenvalue weighted by atomic mass is 9.91. The van der Waals surface area contributed by atoms with Gasteiger partial charge in [-0.25, -0.2) is 0 Å². The van der Waals surface area contributed by atoms with Crippen molar-refractivity contribution < 1.29 is 0 Å². The molecule has 94 valence electrons. The zero-order valence-electron chi connectivity index (χ0n) is 10.2. The van der Waals surface area contributed by atoms with E-state index in [0.29, 0.717) is 11.1 Å². The van der Waals surface area contributed by atoms with Gasteiger partial charge in [0.2, 0.25) is 0 Å². The molecule has 0 aromatic heterocycles. The first-order valence-corrected chi connectivity index (χ1v) is 7.08. The molecule has 1 aromatic carbocycles. The molecule has 0 bridgehead atoms. The summed E-state index contributed by atoms with van der Waals surface area (Å²) >= 11 is 12.2. The fourth-order valence-corrected chi connectivity index (χ4v) is 2.93. The van der Waals surface area contributed by atoms with Gasteiger partial charge in [0.15, 0.2) is 0 Å². The van der Waals surface area contributed by atoms with Gasteiger partial charge in [0, 0.05) is 6.04 Å². The van der Waals surface area contributed by atoms with Crippen LogP contribution in [0.4, 0.5) is 0 Å². The van der Waals surface area contributed by atoms with Gasteiger partial charge in [-0.05, 0) is 49.8 Å². The van der Waals surface area contributed by atoms with E-state index < -0.39 is 0 Å². The summed E-state index contributed by atoms with van der Waals surface area (Å²) in [6, 6.07) is 6.52. The number of aryl methyl sites for hydroxylation is 1. The van der Waals surface area contributed by atoms with E-state index in [1.807, 2.05) is 12.1 Å². The van der Waals surface area contributed by atoms with E-state index in [4.69, 9.17) is 23.2 Å². The lowest BCUT2D eigenvalue weighted by Crippen LogP contribution is -2.37. The van der Waals surface area contributed by atoms with Crippen LogP contribution in [0.1, 0.15) is 31.7 Å². The van der Waals surface area contributed by atoms with Gasteiger partial charge in [-0.1, -0.05) is 42.3 Å². The molecule has 0 aliphatic carbocycles. The summed E-state index contributed by atoms with van der Waals surface area (Å²) in [6.45, 7) is 3.48. The van der Waals surface area contributed by atoms with Gasteiger partial charge in [0.1, 0.15) is 0 Å². The Balaban J connectivity index is 1.91. The smallest absolute Gasteiger partial charge is 0.0624 e. The van der Waals surface area contributed by atoms with Crippen molar-refractivity contribution in [2.75, 3.05) is 6.54 Å². The van der Waals surface area contributed by atoms with Crippen molar-refractivity contribution >= 4 is 23.2 Å². The standard InChI is InChI=1S/C14H19Cl2N/c1-10-7-8-17-12(9-10)6-5-11-3-2-4-13(15)14(11)16/h2-4,10,12,17H,5-9H2,1H3. The number of hydrogen-bond donors (Lipinski definition) is 1. The van der Waals surface area contributed by atoms with E-state index in [1.54, 1.807) is 0 Å². The van der Waals surface area contributed by atoms with Crippen LogP contribution in [0.25, 0.3) is 0 Å². The lowest BCUT2D eigenvalue weighted by Gasteiger charge is -2.28. The summed E-state index contributed by atoms with van der Waals surface area (Å²) < 4.78 is 0. The minimum absolute atomic E-state index is 0.633. The van der Waals surface area contributed by atoms with E-state index >= 15 is 0 Å². The summed E-state index contributed by atoms with van der Waals surface area (Å²) in [7, 11) is 0. The molecule has 1 aliphatic rings. The van der Waals surface area contributed by atoms with Crippen molar-refractivity contribution in [1.29, 1.82) is 0 Å². The average Bonchev–Trinajstić information content (AvgIpc) is 2.31. The van der Waals surface area contributed by atoms with Gasteiger partial charge in [-0.3, -0.25) is 0 Å². The molecule has 1 nitrogen and oxygen atoms in total. The largest absolute Gasteiger partial charge is 0.314 e. The molecule has 1 aliphatic heterocycles. The van der Waals surface area contributed by atoms with Crippen LogP contribution in [0.2, 0.25) is 10.0 Å². The molecule has 1 heterocycles. The van der Waals surface area contributed by atoms with Crippen LogP contribution in [0.5, 0.6) is 0 Å². The minimum atomic E-state index is 0.633. The first kappa shape index (κ1) is 13.2. The normalized spacial score (nSPS) is 24.9. The number of hydrogen-bond acceptors (Lipinski definition) is 1. The van der Waals surface area contributed by atoms with Crippen LogP contribution < -0.4 is 5.32 Å². The number of rotatable bonds is 3. The van der Waals surface area contributed by atoms with Crippen molar-refractivity contribution in [3.63, 3.8) is 0 Å². The van der Waals surface area contributed by atoms with E-state index in [-0.39, 0.29) is 0 Å². The van der Waals surface area contributed by atoms with Gasteiger partial charge in [-0.2, -0.15) is 0 Å². The van der Waals surface area contributed by atoms with Gasteiger partial charge >= 0.3 is 0 Å². The monoisotopic (exact) mass is 271 g/mol. The molecule has 2 unspecified atom stereocenters. The van der Waals surface area contributed by atoms with Gasteiger partial charge < -0.3 is 5.32 Å².